The first-order chi connectivity index (χ1) is 8.61. The summed E-state index contributed by atoms with van der Waals surface area (Å²) in [6.45, 7) is 4.01. The van der Waals surface area contributed by atoms with Crippen LogP contribution in [0.15, 0.2) is 36.5 Å². The molecule has 0 aliphatic rings. The minimum Gasteiger partial charge on any atom is -0.464 e. The average Bonchev–Trinajstić information content (AvgIpc) is 2.37. The molecule has 0 fully saturated rings. The van der Waals surface area contributed by atoms with Crippen molar-refractivity contribution in [3.63, 3.8) is 0 Å². The van der Waals surface area contributed by atoms with Gasteiger partial charge in [0.1, 0.15) is 5.69 Å². The SMILES string of the molecule is COC(=O)c1cc(C)c(-c2cccc(C)c2)cn1. The van der Waals surface area contributed by atoms with Crippen LogP contribution in [0.3, 0.4) is 0 Å². The Labute approximate surface area is 106 Å². The Kier molecular flexibility index (Phi) is 3.42. The van der Waals surface area contributed by atoms with Crippen LogP contribution in [0, 0.1) is 13.8 Å². The summed E-state index contributed by atoms with van der Waals surface area (Å²) in [6, 6.07) is 9.95. The molecule has 0 saturated heterocycles. The van der Waals surface area contributed by atoms with E-state index in [1.807, 2.05) is 19.1 Å². The van der Waals surface area contributed by atoms with E-state index in [4.69, 9.17) is 0 Å². The number of methoxy groups -OCH3 is 1. The first-order valence-corrected chi connectivity index (χ1v) is 5.74. The van der Waals surface area contributed by atoms with Gasteiger partial charge in [0.05, 0.1) is 7.11 Å². The fourth-order valence-corrected chi connectivity index (χ4v) is 1.89. The summed E-state index contributed by atoms with van der Waals surface area (Å²) in [5.74, 6) is -0.408. The Morgan fingerprint density at radius 1 is 1.22 bits per heavy atom. The molecule has 1 heterocycles. The van der Waals surface area contributed by atoms with Crippen molar-refractivity contribution < 1.29 is 9.53 Å². The molecule has 18 heavy (non-hydrogen) atoms. The van der Waals surface area contributed by atoms with Crippen molar-refractivity contribution in [2.45, 2.75) is 13.8 Å². The van der Waals surface area contributed by atoms with Gasteiger partial charge in [0.15, 0.2) is 0 Å². The smallest absolute Gasteiger partial charge is 0.356 e. The molecule has 0 aliphatic heterocycles. The lowest BCUT2D eigenvalue weighted by Gasteiger charge is -2.08. The van der Waals surface area contributed by atoms with E-state index in [9.17, 15) is 4.79 Å². The lowest BCUT2D eigenvalue weighted by molar-refractivity contribution is 0.0594. The van der Waals surface area contributed by atoms with Gasteiger partial charge >= 0.3 is 5.97 Å². The van der Waals surface area contributed by atoms with E-state index < -0.39 is 5.97 Å². The number of carbonyl (C=O) groups excluding carboxylic acids is 1. The highest BCUT2D eigenvalue weighted by atomic mass is 16.5. The van der Waals surface area contributed by atoms with Crippen molar-refractivity contribution in [1.29, 1.82) is 0 Å². The van der Waals surface area contributed by atoms with Gasteiger partial charge in [-0.15, -0.1) is 0 Å². The lowest BCUT2D eigenvalue weighted by atomic mass is 10.0. The van der Waals surface area contributed by atoms with Crippen molar-refractivity contribution in [2.75, 3.05) is 7.11 Å². The summed E-state index contributed by atoms with van der Waals surface area (Å²) in [7, 11) is 1.35. The second-order valence-electron chi connectivity index (χ2n) is 4.25. The molecule has 0 aliphatic carbocycles. The highest BCUT2D eigenvalue weighted by molar-refractivity contribution is 5.88. The minimum atomic E-state index is -0.408. The quantitative estimate of drug-likeness (QED) is 0.758. The molecule has 2 rings (SSSR count). The molecule has 92 valence electrons. The average molecular weight is 241 g/mol. The normalized spacial score (nSPS) is 10.2. The van der Waals surface area contributed by atoms with Gasteiger partial charge in [0.25, 0.3) is 0 Å². The maximum Gasteiger partial charge on any atom is 0.356 e. The fraction of sp³-hybridized carbons (Fsp3) is 0.200. The number of esters is 1. The van der Waals surface area contributed by atoms with Crippen molar-refractivity contribution in [1.82, 2.24) is 4.98 Å². The molecule has 0 radical (unpaired) electrons. The van der Waals surface area contributed by atoms with Crippen LogP contribution in [0.4, 0.5) is 0 Å². The highest BCUT2D eigenvalue weighted by Crippen LogP contribution is 2.23. The van der Waals surface area contributed by atoms with Crippen molar-refractivity contribution >= 4 is 5.97 Å². The zero-order valence-electron chi connectivity index (χ0n) is 10.7. The monoisotopic (exact) mass is 241 g/mol. The summed E-state index contributed by atoms with van der Waals surface area (Å²) in [5, 5.41) is 0. The first-order valence-electron chi connectivity index (χ1n) is 5.74. The summed E-state index contributed by atoms with van der Waals surface area (Å²) in [5.41, 5.74) is 4.69. The van der Waals surface area contributed by atoms with Gasteiger partial charge in [-0.1, -0.05) is 29.8 Å². The van der Waals surface area contributed by atoms with E-state index in [0.717, 1.165) is 16.7 Å². The number of aryl methyl sites for hydroxylation is 2. The largest absolute Gasteiger partial charge is 0.464 e. The number of aromatic nitrogens is 1. The second kappa shape index (κ2) is 5.00. The number of hydrogen-bond donors (Lipinski definition) is 0. The Bertz CT molecular complexity index is 591. The summed E-state index contributed by atoms with van der Waals surface area (Å²) in [6.07, 6.45) is 1.72. The highest BCUT2D eigenvalue weighted by Gasteiger charge is 2.10. The number of benzene rings is 1. The van der Waals surface area contributed by atoms with Gasteiger partial charge in [-0.05, 0) is 31.0 Å². The van der Waals surface area contributed by atoms with E-state index in [-0.39, 0.29) is 0 Å². The Hall–Kier alpha value is -2.16. The molecule has 2 aromatic rings. The Morgan fingerprint density at radius 3 is 2.61 bits per heavy atom. The van der Waals surface area contributed by atoms with E-state index in [1.165, 1.54) is 12.7 Å². The molecule has 0 atom stereocenters. The molecule has 0 N–H and O–H groups in total. The standard InChI is InChI=1S/C15H15NO2/c1-10-5-4-6-12(7-10)13-9-16-14(8-11(13)2)15(17)18-3/h4-9H,1-3H3. The van der Waals surface area contributed by atoms with Crippen LogP contribution in [0.2, 0.25) is 0 Å². The number of ether oxygens (including phenoxy) is 1. The van der Waals surface area contributed by atoms with Crippen LogP contribution in [0.25, 0.3) is 11.1 Å². The fourth-order valence-electron chi connectivity index (χ4n) is 1.89. The number of rotatable bonds is 2. The topological polar surface area (TPSA) is 39.2 Å². The maximum atomic E-state index is 11.4. The number of hydrogen-bond acceptors (Lipinski definition) is 3. The molecule has 1 aromatic heterocycles. The Balaban J connectivity index is 2.45. The van der Waals surface area contributed by atoms with Crippen molar-refractivity contribution in [2.24, 2.45) is 0 Å². The third kappa shape index (κ3) is 2.40. The molecule has 0 unspecified atom stereocenters. The molecular weight excluding hydrogens is 226 g/mol. The van der Waals surface area contributed by atoms with Gasteiger partial charge in [0.2, 0.25) is 0 Å². The number of pyridine rings is 1. The van der Waals surface area contributed by atoms with Crippen LogP contribution in [-0.2, 0) is 4.74 Å². The third-order valence-corrected chi connectivity index (χ3v) is 2.83. The molecule has 3 heteroatoms. The van der Waals surface area contributed by atoms with Crippen molar-refractivity contribution in [3.8, 4) is 11.1 Å². The number of nitrogens with zero attached hydrogens (tertiary/aromatic N) is 1. The number of carbonyl (C=O) groups is 1. The van der Waals surface area contributed by atoms with E-state index in [1.54, 1.807) is 12.3 Å². The summed E-state index contributed by atoms with van der Waals surface area (Å²) < 4.78 is 4.65. The molecule has 0 bridgehead atoms. The molecule has 3 nitrogen and oxygen atoms in total. The third-order valence-electron chi connectivity index (χ3n) is 2.83. The maximum absolute atomic E-state index is 11.4. The van der Waals surface area contributed by atoms with Gasteiger partial charge in [-0.2, -0.15) is 0 Å². The van der Waals surface area contributed by atoms with E-state index in [0.29, 0.717) is 5.69 Å². The second-order valence-corrected chi connectivity index (χ2v) is 4.25. The van der Waals surface area contributed by atoms with Crippen LogP contribution in [-0.4, -0.2) is 18.1 Å². The zero-order chi connectivity index (χ0) is 13.1. The molecule has 1 aromatic carbocycles. The van der Waals surface area contributed by atoms with Gasteiger partial charge < -0.3 is 4.74 Å². The van der Waals surface area contributed by atoms with E-state index >= 15 is 0 Å². The molecule has 0 amide bonds. The van der Waals surface area contributed by atoms with Crippen LogP contribution >= 0.6 is 0 Å². The van der Waals surface area contributed by atoms with Crippen LogP contribution in [0.1, 0.15) is 21.6 Å². The van der Waals surface area contributed by atoms with Crippen molar-refractivity contribution in [3.05, 3.63) is 53.3 Å². The van der Waals surface area contributed by atoms with E-state index in [2.05, 4.69) is 28.8 Å². The minimum absolute atomic E-state index is 0.339. The van der Waals surface area contributed by atoms with Crippen LogP contribution < -0.4 is 0 Å². The zero-order valence-corrected chi connectivity index (χ0v) is 10.7. The lowest BCUT2D eigenvalue weighted by Crippen LogP contribution is -2.04. The predicted molar refractivity (Wildman–Crippen MR) is 70.5 cm³/mol. The predicted octanol–water partition coefficient (Wildman–Crippen LogP) is 3.15. The van der Waals surface area contributed by atoms with Gasteiger partial charge in [0, 0.05) is 11.8 Å². The van der Waals surface area contributed by atoms with Crippen LogP contribution in [0.5, 0.6) is 0 Å². The summed E-state index contributed by atoms with van der Waals surface area (Å²) in [4.78, 5) is 15.5. The summed E-state index contributed by atoms with van der Waals surface area (Å²) >= 11 is 0. The first kappa shape index (κ1) is 12.3. The molecule has 0 spiro atoms. The van der Waals surface area contributed by atoms with Gasteiger partial charge in [-0.3, -0.25) is 0 Å². The Morgan fingerprint density at radius 2 is 2.00 bits per heavy atom. The molecular formula is C15H15NO2. The van der Waals surface area contributed by atoms with Gasteiger partial charge in [-0.25, -0.2) is 9.78 Å². The molecule has 0 saturated carbocycles.